The van der Waals surface area contributed by atoms with Gasteiger partial charge in [0.05, 0.1) is 31.2 Å². The van der Waals surface area contributed by atoms with Gasteiger partial charge in [0.1, 0.15) is 11.5 Å². The van der Waals surface area contributed by atoms with Crippen LogP contribution in [-0.4, -0.2) is 77.2 Å². The molecule has 47 heavy (non-hydrogen) atoms. The molecule has 0 bridgehead atoms. The van der Waals surface area contributed by atoms with Gasteiger partial charge in [0.2, 0.25) is 11.8 Å². The number of aromatic hydroxyl groups is 1. The fourth-order valence-corrected chi connectivity index (χ4v) is 4.72. The molecule has 1 aromatic carbocycles. The number of nitrogens with zero attached hydrogens (tertiary/aromatic N) is 1. The van der Waals surface area contributed by atoms with E-state index in [0.29, 0.717) is 25.9 Å². The van der Waals surface area contributed by atoms with Crippen LogP contribution in [0.25, 0.3) is 0 Å². The van der Waals surface area contributed by atoms with Crippen LogP contribution in [0.1, 0.15) is 77.7 Å². The molecule has 2 rings (SSSR count). The van der Waals surface area contributed by atoms with Gasteiger partial charge in [-0.2, -0.15) is 9.59 Å². The van der Waals surface area contributed by atoms with Crippen molar-refractivity contribution in [3.8, 4) is 5.75 Å². The van der Waals surface area contributed by atoms with Crippen molar-refractivity contribution in [2.75, 3.05) is 25.1 Å². The van der Waals surface area contributed by atoms with Crippen LogP contribution < -0.4 is 10.6 Å². The van der Waals surface area contributed by atoms with Crippen molar-refractivity contribution < 1.29 is 48.2 Å². The molecule has 1 aliphatic heterocycles. The Morgan fingerprint density at radius 3 is 2.28 bits per heavy atom. The molecule has 0 fully saturated rings. The van der Waals surface area contributed by atoms with E-state index in [1.807, 2.05) is 0 Å². The molecular weight excluding hydrogens is 610 g/mol. The quantitative estimate of drug-likeness (QED) is 0.0766. The summed E-state index contributed by atoms with van der Waals surface area (Å²) in [6, 6.07) is 4.27. The summed E-state index contributed by atoms with van der Waals surface area (Å²) in [6.07, 6.45) is 6.80. The highest BCUT2D eigenvalue weighted by atomic mass is 16.5. The number of hydrogen-bond donors (Lipinski definition) is 3. The monoisotopic (exact) mass is 656 g/mol. The Morgan fingerprint density at radius 1 is 1.00 bits per heavy atom. The van der Waals surface area contributed by atoms with Crippen molar-refractivity contribution in [2.45, 2.75) is 84.6 Å². The van der Waals surface area contributed by atoms with Crippen LogP contribution >= 0.6 is 0 Å². The first-order valence-electron chi connectivity index (χ1n) is 15.7. The van der Waals surface area contributed by atoms with Gasteiger partial charge in [0, 0.05) is 63.3 Å². The Labute approximate surface area is 275 Å². The topological polar surface area (TPSA) is 193 Å². The van der Waals surface area contributed by atoms with E-state index >= 15 is 0 Å². The number of hydrogen-bond acceptors (Lipinski definition) is 10. The average molecular weight is 657 g/mol. The minimum absolute atomic E-state index is 0.00792. The maximum Gasteiger partial charge on any atom is 0.373 e. The fourth-order valence-electron chi connectivity index (χ4n) is 4.72. The summed E-state index contributed by atoms with van der Waals surface area (Å²) in [4.78, 5) is 90.0. The lowest BCUT2D eigenvalue weighted by atomic mass is 9.96. The minimum Gasteiger partial charge on any atom is -0.506 e. The molecular formula is C34H46N3O10+. The maximum atomic E-state index is 12.7. The zero-order chi connectivity index (χ0) is 35.4. The Bertz CT molecular complexity index is 1280. The molecule has 0 spiro atoms. The van der Waals surface area contributed by atoms with Gasteiger partial charge >= 0.3 is 6.15 Å². The molecule has 0 radical (unpaired) electrons. The zero-order valence-corrected chi connectivity index (χ0v) is 27.4. The van der Waals surface area contributed by atoms with Crippen molar-refractivity contribution in [1.29, 1.82) is 0 Å². The highest BCUT2D eigenvalue weighted by Crippen LogP contribution is 2.27. The number of phenols is 1. The second-order valence-corrected chi connectivity index (χ2v) is 11.4. The number of ether oxygens (including phenoxy) is 1. The molecule has 256 valence electrons. The zero-order valence-electron chi connectivity index (χ0n) is 27.4. The predicted molar refractivity (Wildman–Crippen MR) is 170 cm³/mol. The van der Waals surface area contributed by atoms with E-state index in [4.69, 9.17) is 14.3 Å². The van der Waals surface area contributed by atoms with Gasteiger partial charge in [-0.3, -0.25) is 33.7 Å². The largest absolute Gasteiger partial charge is 0.506 e. The summed E-state index contributed by atoms with van der Waals surface area (Å²) in [5.74, 6) is -2.30. The van der Waals surface area contributed by atoms with Crippen molar-refractivity contribution in [1.82, 2.24) is 10.2 Å². The number of phenolic OH excluding ortho intramolecular Hbond substituents is 1. The number of amides is 4. The number of imide groups is 1. The van der Waals surface area contributed by atoms with Gasteiger partial charge in [0.15, 0.2) is 5.78 Å². The normalized spacial score (nSPS) is 14.0. The number of nitrogens with one attached hydrogen (secondary N) is 2. The molecule has 1 aromatic rings. The second kappa shape index (κ2) is 22.0. The highest BCUT2D eigenvalue weighted by Gasteiger charge is 2.24. The molecule has 3 N–H and O–H groups in total. The Balaban J connectivity index is 0.00000354. The third-order valence-corrected chi connectivity index (χ3v) is 7.31. The lowest BCUT2D eigenvalue weighted by molar-refractivity contribution is -0.191. The van der Waals surface area contributed by atoms with Crippen LogP contribution in [-0.2, 0) is 49.5 Å². The van der Waals surface area contributed by atoms with Crippen molar-refractivity contribution in [3.05, 3.63) is 42.8 Å². The van der Waals surface area contributed by atoms with Gasteiger partial charge in [-0.15, -0.1) is 0 Å². The molecule has 1 heterocycles. The van der Waals surface area contributed by atoms with Crippen molar-refractivity contribution in [2.24, 2.45) is 11.8 Å². The molecule has 0 saturated carbocycles. The van der Waals surface area contributed by atoms with Crippen molar-refractivity contribution in [3.63, 3.8) is 0 Å². The van der Waals surface area contributed by atoms with Gasteiger partial charge in [0.25, 0.3) is 11.8 Å². The van der Waals surface area contributed by atoms with Crippen LogP contribution in [0.3, 0.4) is 0 Å². The van der Waals surface area contributed by atoms with Crippen molar-refractivity contribution >= 4 is 47.0 Å². The Kier molecular flexibility index (Phi) is 18.9. The first-order chi connectivity index (χ1) is 22.3. The van der Waals surface area contributed by atoms with E-state index in [-0.39, 0.29) is 85.2 Å². The van der Waals surface area contributed by atoms with Crippen LogP contribution in [0.15, 0.2) is 30.4 Å². The van der Waals surface area contributed by atoms with Gasteiger partial charge in [-0.25, -0.2) is 0 Å². The molecule has 0 aliphatic carbocycles. The average Bonchev–Trinajstić information content (AvgIpc) is 3.33. The molecule has 0 unspecified atom stereocenters. The molecule has 0 saturated heterocycles. The summed E-state index contributed by atoms with van der Waals surface area (Å²) in [5.41, 5.74) is 1.23. The summed E-state index contributed by atoms with van der Waals surface area (Å²) < 4.78 is 5.43. The lowest BCUT2D eigenvalue weighted by Crippen LogP contribution is -2.40. The molecule has 1 aliphatic rings. The number of carbonyl (C=O) groups is 6. The Morgan fingerprint density at radius 2 is 1.64 bits per heavy atom. The first kappa shape index (κ1) is 40.4. The number of benzene rings is 1. The lowest BCUT2D eigenvalue weighted by Gasteiger charge is -2.17. The predicted octanol–water partition coefficient (Wildman–Crippen LogP) is 3.10. The number of anilines is 1. The Hall–Kier alpha value is -4.61. The fraction of sp³-hybridized carbons (Fsp3) is 0.529. The minimum atomic E-state index is -0.790. The first-order valence-corrected chi connectivity index (χ1v) is 15.7. The van der Waals surface area contributed by atoms with E-state index in [0.717, 1.165) is 29.7 Å². The second-order valence-electron chi connectivity index (χ2n) is 11.4. The summed E-state index contributed by atoms with van der Waals surface area (Å²) >= 11 is 0. The van der Waals surface area contributed by atoms with E-state index in [1.165, 1.54) is 18.2 Å². The molecule has 0 aromatic heterocycles. The number of Topliss-reactive ketones (excluding diaryl/α,β-unsaturated/α-hetero) is 2. The van der Waals surface area contributed by atoms with Crippen LogP contribution in [0.4, 0.5) is 5.69 Å². The van der Waals surface area contributed by atoms with E-state index in [2.05, 4.69) is 24.5 Å². The van der Waals surface area contributed by atoms with E-state index < -0.39 is 17.9 Å². The molecule has 4 amide bonds. The highest BCUT2D eigenvalue weighted by molar-refractivity contribution is 6.12. The molecule has 13 heteroatoms. The van der Waals surface area contributed by atoms with Gasteiger partial charge in [-0.05, 0) is 43.9 Å². The van der Waals surface area contributed by atoms with Crippen LogP contribution in [0, 0.1) is 18.8 Å². The molecule has 3 atom stereocenters. The van der Waals surface area contributed by atoms with Gasteiger partial charge in [-0.1, -0.05) is 26.3 Å². The third-order valence-electron chi connectivity index (χ3n) is 7.31. The van der Waals surface area contributed by atoms with Gasteiger partial charge < -0.3 is 20.5 Å². The number of rotatable bonds is 21. The summed E-state index contributed by atoms with van der Waals surface area (Å²) in [7, 11) is 0. The standard InChI is InChI=1S/C33H45N3O8.CO2/c1-5-8-22(2)19-25-11-12-28(38)27(21-25)35-33(43)23(3)20-29(39)24(4)34-30(40)15-18-44-17-7-10-26(37)9-6-16-36-31(41)13-14-32(36)42;2-1-3/h11-14,21-24H,2,5-10,15-20H2,1,3-4H3,(H2-,34,35,38,40,41,42,43);/p+1/t22-,23-,24+;/m1./s1. The summed E-state index contributed by atoms with van der Waals surface area (Å²) in [6.45, 7) is 10.0. The SMILES string of the molecule is O=C=O.[CH2+][C@H](CCC)Cc1ccc(O)c(NC(=O)[C@H](C)CC(=O)[C@H](C)NC(=O)CCOCCCC(=O)CCCN2C(=O)C=CC2=O)c1. The van der Waals surface area contributed by atoms with Crippen LogP contribution in [0.5, 0.6) is 5.75 Å². The number of carbonyl (C=O) groups excluding carboxylic acids is 8. The molecule has 13 nitrogen and oxygen atoms in total. The van der Waals surface area contributed by atoms with Crippen LogP contribution in [0.2, 0.25) is 0 Å². The number of ketones is 2. The summed E-state index contributed by atoms with van der Waals surface area (Å²) in [5, 5.41) is 15.5. The van der Waals surface area contributed by atoms with E-state index in [1.54, 1.807) is 26.0 Å². The third kappa shape index (κ3) is 16.0. The maximum absolute atomic E-state index is 12.7. The smallest absolute Gasteiger partial charge is 0.373 e. The van der Waals surface area contributed by atoms with E-state index in [9.17, 15) is 33.9 Å².